The summed E-state index contributed by atoms with van der Waals surface area (Å²) in [7, 11) is 0. The minimum atomic E-state index is -0.312. The summed E-state index contributed by atoms with van der Waals surface area (Å²) in [5, 5.41) is 0. The van der Waals surface area contributed by atoms with Gasteiger partial charge in [0, 0.05) is 32.2 Å². The first-order valence-corrected chi connectivity index (χ1v) is 11.1. The van der Waals surface area contributed by atoms with Crippen molar-refractivity contribution in [2.24, 2.45) is 0 Å². The molecule has 30 heavy (non-hydrogen) atoms. The standard InChI is InChI=1S/C25H29N3O2/c1-18-6-9-21(10-7-18)28-24(29)17-23(25(28)30)27-14-12-26(13-15-27)22-11-8-19-4-2-3-5-20(19)16-22/h2-7,9-10,22-23H,8,11-17H2,1H3/t22-,23-/m1/s1. The number of piperazine rings is 1. The molecule has 156 valence electrons. The van der Waals surface area contributed by atoms with Crippen molar-refractivity contribution in [3.63, 3.8) is 0 Å². The van der Waals surface area contributed by atoms with Crippen molar-refractivity contribution in [2.75, 3.05) is 31.1 Å². The number of fused-ring (bicyclic) bond motifs is 1. The quantitative estimate of drug-likeness (QED) is 0.740. The Balaban J connectivity index is 1.21. The van der Waals surface area contributed by atoms with Gasteiger partial charge >= 0.3 is 0 Å². The van der Waals surface area contributed by atoms with E-state index in [0.29, 0.717) is 18.2 Å². The SMILES string of the molecule is Cc1ccc(N2C(=O)C[C@@H](N3CCN([C@@H]4CCc5ccccc5C4)CC3)C2=O)cc1. The van der Waals surface area contributed by atoms with Crippen LogP contribution < -0.4 is 4.90 Å². The molecule has 0 bridgehead atoms. The van der Waals surface area contributed by atoms with E-state index in [2.05, 4.69) is 34.1 Å². The third-order valence-corrected chi connectivity index (χ3v) is 7.04. The van der Waals surface area contributed by atoms with Crippen molar-refractivity contribution in [1.82, 2.24) is 9.80 Å². The second kappa shape index (κ2) is 7.97. The van der Waals surface area contributed by atoms with E-state index in [0.717, 1.165) is 44.6 Å². The van der Waals surface area contributed by atoms with Gasteiger partial charge in [-0.15, -0.1) is 0 Å². The molecule has 2 saturated heterocycles. The Labute approximate surface area is 178 Å². The Hall–Kier alpha value is -2.50. The second-order valence-corrected chi connectivity index (χ2v) is 8.86. The highest BCUT2D eigenvalue weighted by atomic mass is 16.2. The average molecular weight is 404 g/mol. The number of carbonyl (C=O) groups is 2. The second-order valence-electron chi connectivity index (χ2n) is 8.86. The van der Waals surface area contributed by atoms with E-state index in [1.807, 2.05) is 31.2 Å². The number of nitrogens with zero attached hydrogens (tertiary/aromatic N) is 3. The molecule has 0 spiro atoms. The predicted octanol–water partition coefficient (Wildman–Crippen LogP) is 2.80. The van der Waals surface area contributed by atoms with Crippen LogP contribution in [-0.2, 0) is 22.4 Å². The smallest absolute Gasteiger partial charge is 0.251 e. The highest BCUT2D eigenvalue weighted by Gasteiger charge is 2.43. The Morgan fingerprint density at radius 2 is 1.47 bits per heavy atom. The number of hydrogen-bond donors (Lipinski definition) is 0. The number of carbonyl (C=O) groups excluding carboxylic acids is 2. The first-order valence-electron chi connectivity index (χ1n) is 11.1. The fourth-order valence-corrected chi connectivity index (χ4v) is 5.27. The van der Waals surface area contributed by atoms with E-state index < -0.39 is 0 Å². The topological polar surface area (TPSA) is 43.9 Å². The van der Waals surface area contributed by atoms with Gasteiger partial charge in [-0.2, -0.15) is 0 Å². The predicted molar refractivity (Wildman–Crippen MR) is 117 cm³/mol. The molecule has 2 aliphatic heterocycles. The van der Waals surface area contributed by atoms with Crippen molar-refractivity contribution in [2.45, 2.75) is 44.7 Å². The van der Waals surface area contributed by atoms with Gasteiger partial charge in [-0.3, -0.25) is 19.4 Å². The van der Waals surface area contributed by atoms with Crippen molar-refractivity contribution < 1.29 is 9.59 Å². The molecule has 0 radical (unpaired) electrons. The number of anilines is 1. The molecule has 2 atom stereocenters. The number of benzene rings is 2. The number of imide groups is 1. The fraction of sp³-hybridized carbons (Fsp3) is 0.440. The number of aryl methyl sites for hydroxylation is 2. The molecule has 2 aromatic carbocycles. The lowest BCUT2D eigenvalue weighted by Gasteiger charge is -2.42. The van der Waals surface area contributed by atoms with Gasteiger partial charge in [0.2, 0.25) is 5.91 Å². The number of rotatable bonds is 3. The molecule has 2 heterocycles. The van der Waals surface area contributed by atoms with Crippen molar-refractivity contribution in [1.29, 1.82) is 0 Å². The molecule has 2 aromatic rings. The van der Waals surface area contributed by atoms with Gasteiger partial charge in [-0.1, -0.05) is 42.0 Å². The largest absolute Gasteiger partial charge is 0.298 e. The van der Waals surface area contributed by atoms with Crippen molar-refractivity contribution in [3.8, 4) is 0 Å². The van der Waals surface area contributed by atoms with Gasteiger partial charge < -0.3 is 0 Å². The summed E-state index contributed by atoms with van der Waals surface area (Å²) in [5.74, 6) is -0.149. The Kier molecular flexibility index (Phi) is 5.17. The Morgan fingerprint density at radius 1 is 0.800 bits per heavy atom. The third-order valence-electron chi connectivity index (χ3n) is 7.04. The van der Waals surface area contributed by atoms with Crippen molar-refractivity contribution in [3.05, 3.63) is 65.2 Å². The summed E-state index contributed by atoms with van der Waals surface area (Å²) < 4.78 is 0. The lowest BCUT2D eigenvalue weighted by atomic mass is 9.87. The highest BCUT2D eigenvalue weighted by molar-refractivity contribution is 6.22. The van der Waals surface area contributed by atoms with Gasteiger partial charge in [-0.25, -0.2) is 4.90 Å². The van der Waals surface area contributed by atoms with Gasteiger partial charge in [0.1, 0.15) is 0 Å². The van der Waals surface area contributed by atoms with E-state index in [1.165, 1.54) is 22.4 Å². The van der Waals surface area contributed by atoms with Crippen LogP contribution in [0.4, 0.5) is 5.69 Å². The summed E-state index contributed by atoms with van der Waals surface area (Å²) >= 11 is 0. The zero-order chi connectivity index (χ0) is 20.7. The van der Waals surface area contributed by atoms with E-state index in [9.17, 15) is 9.59 Å². The maximum Gasteiger partial charge on any atom is 0.251 e. The third kappa shape index (κ3) is 3.57. The molecule has 0 aromatic heterocycles. The first kappa shape index (κ1) is 19.5. The molecule has 0 saturated carbocycles. The molecular weight excluding hydrogens is 374 g/mol. The molecule has 5 heteroatoms. The molecule has 0 N–H and O–H groups in total. The van der Waals surface area contributed by atoms with Crippen LogP contribution in [0.1, 0.15) is 29.5 Å². The maximum atomic E-state index is 13.1. The van der Waals surface area contributed by atoms with E-state index in [1.54, 1.807) is 0 Å². The van der Waals surface area contributed by atoms with Crippen LogP contribution in [0.15, 0.2) is 48.5 Å². The zero-order valence-electron chi connectivity index (χ0n) is 17.6. The normalized spacial score (nSPS) is 25.6. The van der Waals surface area contributed by atoms with Crippen LogP contribution in [0.5, 0.6) is 0 Å². The van der Waals surface area contributed by atoms with Crippen LogP contribution in [0, 0.1) is 6.92 Å². The zero-order valence-corrected chi connectivity index (χ0v) is 17.6. The molecule has 5 rings (SSSR count). The van der Waals surface area contributed by atoms with Gasteiger partial charge in [-0.05, 0) is 49.4 Å². The molecular formula is C25H29N3O2. The molecule has 2 fully saturated rings. The summed E-state index contributed by atoms with van der Waals surface area (Å²) in [5.41, 5.74) is 4.80. The summed E-state index contributed by atoms with van der Waals surface area (Å²) in [6, 6.07) is 16.7. The van der Waals surface area contributed by atoms with Crippen LogP contribution in [0.2, 0.25) is 0 Å². The minimum Gasteiger partial charge on any atom is -0.298 e. The molecule has 2 amide bonds. The molecule has 3 aliphatic rings. The van der Waals surface area contributed by atoms with Crippen LogP contribution >= 0.6 is 0 Å². The summed E-state index contributed by atoms with van der Waals surface area (Å²) in [4.78, 5) is 31.9. The van der Waals surface area contributed by atoms with E-state index in [4.69, 9.17) is 0 Å². The summed E-state index contributed by atoms with van der Waals surface area (Å²) in [6.45, 7) is 5.64. The van der Waals surface area contributed by atoms with Crippen LogP contribution in [0.25, 0.3) is 0 Å². The Morgan fingerprint density at radius 3 is 2.20 bits per heavy atom. The van der Waals surface area contributed by atoms with Gasteiger partial charge in [0.15, 0.2) is 0 Å². The average Bonchev–Trinajstić information content (AvgIpc) is 3.08. The lowest BCUT2D eigenvalue weighted by Crippen LogP contribution is -2.55. The number of hydrogen-bond acceptors (Lipinski definition) is 4. The lowest BCUT2D eigenvalue weighted by molar-refractivity contribution is -0.123. The monoisotopic (exact) mass is 403 g/mol. The molecule has 5 nitrogen and oxygen atoms in total. The Bertz CT molecular complexity index is 947. The van der Waals surface area contributed by atoms with E-state index in [-0.39, 0.29) is 17.9 Å². The van der Waals surface area contributed by atoms with Gasteiger partial charge in [0.25, 0.3) is 5.91 Å². The highest BCUT2D eigenvalue weighted by Crippen LogP contribution is 2.29. The van der Waals surface area contributed by atoms with Gasteiger partial charge in [0.05, 0.1) is 18.2 Å². The van der Waals surface area contributed by atoms with Crippen LogP contribution in [0.3, 0.4) is 0 Å². The maximum absolute atomic E-state index is 13.1. The fourth-order valence-electron chi connectivity index (χ4n) is 5.27. The van der Waals surface area contributed by atoms with E-state index >= 15 is 0 Å². The minimum absolute atomic E-state index is 0.0658. The van der Waals surface area contributed by atoms with Crippen LogP contribution in [-0.4, -0.2) is 59.9 Å². The molecule has 1 aliphatic carbocycles. The summed E-state index contributed by atoms with van der Waals surface area (Å²) in [6.07, 6.45) is 3.78. The van der Waals surface area contributed by atoms with Crippen molar-refractivity contribution >= 4 is 17.5 Å². The molecule has 0 unspecified atom stereocenters. The number of amides is 2. The first-order chi connectivity index (χ1) is 14.6.